The van der Waals surface area contributed by atoms with Gasteiger partial charge in [-0.25, -0.2) is 14.5 Å². The highest BCUT2D eigenvalue weighted by atomic mass is 35.5. The number of amidine groups is 1. The lowest BCUT2D eigenvalue weighted by Crippen LogP contribution is -2.50. The average molecular weight is 623 g/mol. The molecule has 0 aliphatic carbocycles. The van der Waals surface area contributed by atoms with Gasteiger partial charge in [-0.15, -0.1) is 5.10 Å². The number of rotatable bonds is 8. The molecule has 0 unspecified atom stereocenters. The van der Waals surface area contributed by atoms with Crippen molar-refractivity contribution >= 4 is 52.6 Å². The average Bonchev–Trinajstić information content (AvgIpc) is 3.28. The molecule has 3 rings (SSSR count). The number of ether oxygens (including phenoxy) is 1. The van der Waals surface area contributed by atoms with Crippen LogP contribution in [-0.4, -0.2) is 66.4 Å². The van der Waals surface area contributed by atoms with Crippen LogP contribution in [-0.2, 0) is 16.1 Å². The molecule has 1 aromatic carbocycles. The summed E-state index contributed by atoms with van der Waals surface area (Å²) >= 11 is 18.3. The molecule has 2 heterocycles. The molecule has 2 aromatic heterocycles. The number of benzene rings is 1. The number of halogens is 6. The van der Waals surface area contributed by atoms with Crippen LogP contribution >= 0.6 is 34.8 Å². The van der Waals surface area contributed by atoms with Gasteiger partial charge in [0.15, 0.2) is 23.9 Å². The monoisotopic (exact) mass is 621 g/mol. The van der Waals surface area contributed by atoms with Crippen LogP contribution in [0.5, 0.6) is 0 Å². The van der Waals surface area contributed by atoms with Crippen molar-refractivity contribution in [2.75, 3.05) is 6.54 Å². The van der Waals surface area contributed by atoms with E-state index in [9.17, 15) is 27.9 Å². The third kappa shape index (κ3) is 7.59. The minimum atomic E-state index is -5.05. The Morgan fingerprint density at radius 1 is 1.18 bits per heavy atom. The van der Waals surface area contributed by atoms with Crippen molar-refractivity contribution in [3.05, 3.63) is 68.9 Å². The molecule has 2 amide bonds. The Hall–Kier alpha value is -3.46. The van der Waals surface area contributed by atoms with Crippen molar-refractivity contribution in [3.63, 3.8) is 0 Å². The number of amides is 2. The maximum atomic E-state index is 13.1. The van der Waals surface area contributed by atoms with E-state index in [0.717, 1.165) is 0 Å². The largest absolute Gasteiger partial charge is 0.455 e. The van der Waals surface area contributed by atoms with Crippen molar-refractivity contribution in [3.8, 4) is 5.69 Å². The number of urea groups is 1. The van der Waals surface area contributed by atoms with Gasteiger partial charge in [0.1, 0.15) is 11.5 Å². The Kier molecular flexibility index (Phi) is 9.95. The van der Waals surface area contributed by atoms with Gasteiger partial charge in [0.25, 0.3) is 0 Å². The highest BCUT2D eigenvalue weighted by Crippen LogP contribution is 2.30. The summed E-state index contributed by atoms with van der Waals surface area (Å²) in [6.07, 6.45) is -6.36. The molecule has 0 saturated carbocycles. The van der Waals surface area contributed by atoms with Gasteiger partial charge in [-0.1, -0.05) is 34.8 Å². The lowest BCUT2D eigenvalue weighted by Gasteiger charge is -2.26. The summed E-state index contributed by atoms with van der Waals surface area (Å²) < 4.78 is 45.7. The van der Waals surface area contributed by atoms with Gasteiger partial charge in [-0.05, 0) is 31.2 Å². The molecule has 3 N–H and O–H groups in total. The van der Waals surface area contributed by atoms with E-state index in [1.165, 1.54) is 55.2 Å². The van der Waals surface area contributed by atoms with Gasteiger partial charge < -0.3 is 15.2 Å². The molecule has 2 atom stereocenters. The minimum absolute atomic E-state index is 0.0627. The fourth-order valence-electron chi connectivity index (χ4n) is 3.35. The highest BCUT2D eigenvalue weighted by Gasteiger charge is 2.41. The van der Waals surface area contributed by atoms with Crippen LogP contribution in [0.1, 0.15) is 37.2 Å². The van der Waals surface area contributed by atoms with Crippen LogP contribution in [0, 0.1) is 5.41 Å². The normalized spacial score (nSPS) is 12.9. The second kappa shape index (κ2) is 12.8. The number of aliphatic hydroxyl groups is 1. The lowest BCUT2D eigenvalue weighted by molar-refractivity contribution is -0.204. The number of nitrogens with one attached hydrogen (secondary N) is 2. The third-order valence-electron chi connectivity index (χ3n) is 5.19. The molecule has 0 fully saturated rings. The molecule has 3 aromatic rings. The maximum absolute atomic E-state index is 13.1. The van der Waals surface area contributed by atoms with E-state index < -0.39 is 49.3 Å². The third-order valence-corrected chi connectivity index (χ3v) is 5.99. The minimum Gasteiger partial charge on any atom is -0.455 e. The van der Waals surface area contributed by atoms with Gasteiger partial charge in [-0.3, -0.25) is 20.1 Å². The summed E-state index contributed by atoms with van der Waals surface area (Å²) in [7, 11) is 0. The molecule has 0 aliphatic heterocycles. The molecule has 0 bridgehead atoms. The number of aromatic nitrogens is 4. The molecule has 214 valence electrons. The van der Waals surface area contributed by atoms with Crippen molar-refractivity contribution in [2.24, 2.45) is 0 Å². The van der Waals surface area contributed by atoms with E-state index in [2.05, 4.69) is 20.4 Å². The SMILES string of the molecule is CC(=O)O[C@H](C)c1nc(CNC(=O)N(C[C@H](O)C(F)(F)F)C(=N)c2ccc(Cl)cc2)nn1-c1c(Cl)cncc1Cl. The van der Waals surface area contributed by atoms with Crippen molar-refractivity contribution < 1.29 is 32.6 Å². The molecule has 0 aliphatic rings. The van der Waals surface area contributed by atoms with Crippen LogP contribution in [0.25, 0.3) is 5.69 Å². The molecule has 0 spiro atoms. The van der Waals surface area contributed by atoms with E-state index in [-0.39, 0.29) is 32.9 Å². The highest BCUT2D eigenvalue weighted by molar-refractivity contribution is 6.37. The first-order valence-corrected chi connectivity index (χ1v) is 12.4. The van der Waals surface area contributed by atoms with Crippen molar-refractivity contribution in [2.45, 2.75) is 38.8 Å². The molecule has 40 heavy (non-hydrogen) atoms. The van der Waals surface area contributed by atoms with Gasteiger partial charge in [0.05, 0.1) is 23.1 Å². The van der Waals surface area contributed by atoms with Crippen molar-refractivity contribution in [1.82, 2.24) is 30.0 Å². The van der Waals surface area contributed by atoms with Gasteiger partial charge in [0, 0.05) is 29.9 Å². The number of nitrogens with zero attached hydrogens (tertiary/aromatic N) is 5. The van der Waals surface area contributed by atoms with Crippen LogP contribution in [0.4, 0.5) is 18.0 Å². The molecule has 17 heteroatoms. The molecule has 11 nitrogen and oxygen atoms in total. The second-order valence-electron chi connectivity index (χ2n) is 8.18. The van der Waals surface area contributed by atoms with E-state index in [1.54, 1.807) is 0 Å². The number of aliphatic hydroxyl groups excluding tert-OH is 1. The summed E-state index contributed by atoms with van der Waals surface area (Å²) in [4.78, 5) is 33.1. The molecular formula is C23H21Cl3F3N7O4. The number of hydrogen-bond acceptors (Lipinski definition) is 8. The van der Waals surface area contributed by atoms with Gasteiger partial charge in [0.2, 0.25) is 0 Å². The Bertz CT molecular complexity index is 1380. The predicted octanol–water partition coefficient (Wildman–Crippen LogP) is 4.71. The summed E-state index contributed by atoms with van der Waals surface area (Å²) in [6.45, 7) is 0.972. The van der Waals surface area contributed by atoms with Gasteiger partial charge in [-0.2, -0.15) is 13.2 Å². The number of hydrogen-bond donors (Lipinski definition) is 3. The summed E-state index contributed by atoms with van der Waals surface area (Å²) in [6, 6.07) is 4.28. The number of esters is 1. The number of carbonyl (C=O) groups excluding carboxylic acids is 2. The molecular weight excluding hydrogens is 602 g/mol. The quantitative estimate of drug-likeness (QED) is 0.187. The Morgan fingerprint density at radius 3 is 2.33 bits per heavy atom. The lowest BCUT2D eigenvalue weighted by atomic mass is 10.2. The zero-order valence-electron chi connectivity index (χ0n) is 20.7. The Morgan fingerprint density at radius 2 is 1.77 bits per heavy atom. The van der Waals surface area contributed by atoms with Crippen molar-refractivity contribution in [1.29, 1.82) is 5.41 Å². The Labute approximate surface area is 240 Å². The number of alkyl halides is 3. The first-order valence-electron chi connectivity index (χ1n) is 11.3. The first kappa shape index (κ1) is 31.1. The molecule has 0 saturated heterocycles. The number of carbonyl (C=O) groups is 2. The standard InChI is InChI=1S/C23H21Cl3F3N7O4/c1-11(40-12(2)37)21-33-18(34-36(21)19-15(25)7-31-8-16(19)26)9-32-22(39)35(10-17(38)23(27,28)29)20(30)13-3-5-14(24)6-4-13/h3-8,11,17,30,38H,9-10H2,1-2H3,(H,32,39)/t11-,17+/m1/s1. The first-order chi connectivity index (χ1) is 18.7. The fraction of sp³-hybridized carbons (Fsp3) is 0.304. The zero-order chi connectivity index (χ0) is 29.8. The van der Waals surface area contributed by atoms with Crippen LogP contribution in [0.15, 0.2) is 36.7 Å². The maximum Gasteiger partial charge on any atom is 0.416 e. The van der Waals surface area contributed by atoms with E-state index in [1.807, 2.05) is 0 Å². The van der Waals surface area contributed by atoms with E-state index in [0.29, 0.717) is 9.92 Å². The number of pyridine rings is 1. The topological polar surface area (TPSA) is 146 Å². The summed E-state index contributed by atoms with van der Waals surface area (Å²) in [5.41, 5.74) is 0.215. The second-order valence-corrected chi connectivity index (χ2v) is 9.43. The van der Waals surface area contributed by atoms with Gasteiger partial charge >= 0.3 is 18.2 Å². The fourth-order valence-corrected chi connectivity index (χ4v) is 4.00. The Balaban J connectivity index is 1.91. The van der Waals surface area contributed by atoms with Crippen LogP contribution in [0.2, 0.25) is 15.1 Å². The summed E-state index contributed by atoms with van der Waals surface area (Å²) in [5.74, 6) is -1.26. The van der Waals surface area contributed by atoms with E-state index in [4.69, 9.17) is 44.9 Å². The van der Waals surface area contributed by atoms with Crippen LogP contribution in [0.3, 0.4) is 0 Å². The van der Waals surface area contributed by atoms with Crippen LogP contribution < -0.4 is 5.32 Å². The zero-order valence-corrected chi connectivity index (χ0v) is 23.0. The predicted molar refractivity (Wildman–Crippen MR) is 139 cm³/mol. The van der Waals surface area contributed by atoms with E-state index >= 15 is 0 Å². The molecule has 0 radical (unpaired) electrons. The smallest absolute Gasteiger partial charge is 0.416 e. The summed E-state index contributed by atoms with van der Waals surface area (Å²) in [5, 5.41) is 25.0.